The second-order valence-corrected chi connectivity index (χ2v) is 5.96. The van der Waals surface area contributed by atoms with Crippen LogP contribution in [0.25, 0.3) is 0 Å². The summed E-state index contributed by atoms with van der Waals surface area (Å²) < 4.78 is 5.68. The normalized spacial score (nSPS) is 19.6. The molecule has 3 nitrogen and oxygen atoms in total. The van der Waals surface area contributed by atoms with Crippen molar-refractivity contribution in [3.8, 4) is 5.75 Å². The van der Waals surface area contributed by atoms with Gasteiger partial charge in [-0.1, -0.05) is 18.2 Å². The molecule has 0 spiro atoms. The predicted molar refractivity (Wildman–Crippen MR) is 84.2 cm³/mol. The van der Waals surface area contributed by atoms with Crippen LogP contribution in [0.15, 0.2) is 30.3 Å². The predicted octanol–water partition coefficient (Wildman–Crippen LogP) is 2.78. The van der Waals surface area contributed by atoms with E-state index in [0.717, 1.165) is 37.8 Å². The molecule has 1 atom stereocenters. The van der Waals surface area contributed by atoms with E-state index in [1.54, 1.807) is 0 Å². The van der Waals surface area contributed by atoms with Crippen LogP contribution in [0.3, 0.4) is 0 Å². The fourth-order valence-electron chi connectivity index (χ4n) is 2.71. The van der Waals surface area contributed by atoms with Crippen LogP contribution in [0.2, 0.25) is 0 Å². The molecule has 0 aromatic heterocycles. The van der Waals surface area contributed by atoms with Crippen LogP contribution in [0.1, 0.15) is 26.7 Å². The van der Waals surface area contributed by atoms with Gasteiger partial charge in [-0.3, -0.25) is 0 Å². The third-order valence-electron chi connectivity index (χ3n) is 3.99. The maximum absolute atomic E-state index is 5.68. The van der Waals surface area contributed by atoms with Crippen molar-refractivity contribution < 1.29 is 4.74 Å². The van der Waals surface area contributed by atoms with E-state index in [4.69, 9.17) is 4.74 Å². The van der Waals surface area contributed by atoms with Gasteiger partial charge in [0.05, 0.1) is 6.61 Å². The molecule has 1 unspecified atom stereocenters. The molecule has 1 heterocycles. The lowest BCUT2D eigenvalue weighted by Crippen LogP contribution is -2.31. The molecule has 112 valence electrons. The summed E-state index contributed by atoms with van der Waals surface area (Å²) in [5.74, 6) is 1.79. The smallest absolute Gasteiger partial charge is 0.119 e. The number of likely N-dealkylation sites (tertiary alicyclic amines) is 1. The maximum Gasteiger partial charge on any atom is 0.119 e. The molecular weight excluding hydrogens is 248 g/mol. The summed E-state index contributed by atoms with van der Waals surface area (Å²) >= 11 is 0. The highest BCUT2D eigenvalue weighted by Crippen LogP contribution is 2.17. The quantitative estimate of drug-likeness (QED) is 0.739. The number of para-hydroxylation sites is 1. The molecule has 1 aliphatic heterocycles. The molecule has 0 saturated carbocycles. The summed E-state index contributed by atoms with van der Waals surface area (Å²) in [5.41, 5.74) is 0. The molecule has 1 aromatic carbocycles. The van der Waals surface area contributed by atoms with Crippen LogP contribution in [0.5, 0.6) is 5.75 Å². The number of benzene rings is 1. The van der Waals surface area contributed by atoms with Crippen LogP contribution in [0, 0.1) is 5.92 Å². The zero-order chi connectivity index (χ0) is 14.2. The average molecular weight is 276 g/mol. The van der Waals surface area contributed by atoms with Gasteiger partial charge in [0.2, 0.25) is 0 Å². The van der Waals surface area contributed by atoms with E-state index in [1.807, 2.05) is 30.3 Å². The molecule has 1 saturated heterocycles. The Balaban J connectivity index is 1.48. The zero-order valence-corrected chi connectivity index (χ0v) is 12.8. The lowest BCUT2D eigenvalue weighted by molar-refractivity contribution is 0.263. The fourth-order valence-corrected chi connectivity index (χ4v) is 2.71. The van der Waals surface area contributed by atoms with E-state index in [2.05, 4.69) is 24.1 Å². The van der Waals surface area contributed by atoms with Crippen LogP contribution >= 0.6 is 0 Å². The van der Waals surface area contributed by atoms with Gasteiger partial charge in [-0.2, -0.15) is 0 Å². The Morgan fingerprint density at radius 1 is 1.30 bits per heavy atom. The van der Waals surface area contributed by atoms with E-state index < -0.39 is 0 Å². The number of rotatable bonds is 8. The molecule has 3 heteroatoms. The summed E-state index contributed by atoms with van der Waals surface area (Å²) in [6.07, 6.45) is 2.40. The Bertz CT molecular complexity index is 367. The van der Waals surface area contributed by atoms with Crippen LogP contribution < -0.4 is 10.1 Å². The molecule has 1 fully saturated rings. The van der Waals surface area contributed by atoms with Gasteiger partial charge >= 0.3 is 0 Å². The molecule has 0 radical (unpaired) electrons. The third kappa shape index (κ3) is 5.14. The molecule has 1 N–H and O–H groups in total. The van der Waals surface area contributed by atoms with Gasteiger partial charge in [0.15, 0.2) is 0 Å². The van der Waals surface area contributed by atoms with Crippen molar-refractivity contribution in [2.45, 2.75) is 32.7 Å². The number of nitrogens with zero attached hydrogens (tertiary/aromatic N) is 1. The van der Waals surface area contributed by atoms with Crippen LogP contribution in [0.4, 0.5) is 0 Å². The van der Waals surface area contributed by atoms with Gasteiger partial charge in [-0.15, -0.1) is 0 Å². The van der Waals surface area contributed by atoms with E-state index >= 15 is 0 Å². The first-order chi connectivity index (χ1) is 9.75. The Morgan fingerprint density at radius 2 is 2.10 bits per heavy atom. The van der Waals surface area contributed by atoms with Gasteiger partial charge < -0.3 is 15.0 Å². The number of hydrogen-bond acceptors (Lipinski definition) is 3. The lowest BCUT2D eigenvalue weighted by atomic mass is 10.1. The summed E-state index contributed by atoms with van der Waals surface area (Å²) in [5, 5.41) is 3.57. The van der Waals surface area contributed by atoms with Gasteiger partial charge in [-0.25, -0.2) is 0 Å². The van der Waals surface area contributed by atoms with Gasteiger partial charge in [0, 0.05) is 12.6 Å². The topological polar surface area (TPSA) is 24.5 Å². The minimum Gasteiger partial charge on any atom is -0.494 e. The lowest BCUT2D eigenvalue weighted by Gasteiger charge is -2.20. The Labute approximate surface area is 123 Å². The molecule has 2 rings (SSSR count). The fraction of sp³-hybridized carbons (Fsp3) is 0.647. The minimum atomic E-state index is 0.694. The first-order valence-electron chi connectivity index (χ1n) is 7.88. The Hall–Kier alpha value is -1.06. The largest absolute Gasteiger partial charge is 0.494 e. The zero-order valence-electron chi connectivity index (χ0n) is 12.8. The molecule has 1 aliphatic rings. The van der Waals surface area contributed by atoms with Crippen molar-refractivity contribution in [2.75, 3.05) is 32.8 Å². The molecule has 0 bridgehead atoms. The highest BCUT2D eigenvalue weighted by molar-refractivity contribution is 5.20. The van der Waals surface area contributed by atoms with Crippen molar-refractivity contribution in [3.05, 3.63) is 30.3 Å². The molecule has 0 aliphatic carbocycles. The van der Waals surface area contributed by atoms with E-state index in [1.165, 1.54) is 19.5 Å². The SMILES string of the molecule is CC(C)N1CCC(CNCCCOc2ccccc2)C1. The Morgan fingerprint density at radius 3 is 2.80 bits per heavy atom. The minimum absolute atomic E-state index is 0.694. The molecule has 0 amide bonds. The van der Waals surface area contributed by atoms with Crippen molar-refractivity contribution in [2.24, 2.45) is 5.92 Å². The van der Waals surface area contributed by atoms with Gasteiger partial charge in [-0.05, 0) is 64.4 Å². The standard InChI is InChI=1S/C17H28N2O/c1-15(2)19-11-9-16(14-19)13-18-10-6-12-20-17-7-4-3-5-8-17/h3-5,7-8,15-16,18H,6,9-14H2,1-2H3. The number of hydrogen-bond donors (Lipinski definition) is 1. The van der Waals surface area contributed by atoms with E-state index in [-0.39, 0.29) is 0 Å². The second-order valence-electron chi connectivity index (χ2n) is 5.96. The first kappa shape index (κ1) is 15.3. The monoisotopic (exact) mass is 276 g/mol. The summed E-state index contributed by atoms with van der Waals surface area (Å²) in [7, 11) is 0. The maximum atomic E-state index is 5.68. The van der Waals surface area contributed by atoms with Crippen molar-refractivity contribution >= 4 is 0 Å². The molecule has 1 aromatic rings. The highest BCUT2D eigenvalue weighted by Gasteiger charge is 2.23. The first-order valence-corrected chi connectivity index (χ1v) is 7.88. The van der Waals surface area contributed by atoms with E-state index in [0.29, 0.717) is 6.04 Å². The summed E-state index contributed by atoms with van der Waals surface area (Å²) in [6.45, 7) is 10.1. The third-order valence-corrected chi connectivity index (χ3v) is 3.99. The summed E-state index contributed by atoms with van der Waals surface area (Å²) in [4.78, 5) is 2.57. The molecule has 20 heavy (non-hydrogen) atoms. The van der Waals surface area contributed by atoms with Crippen LogP contribution in [-0.4, -0.2) is 43.7 Å². The Kier molecular flexibility index (Phi) is 6.34. The van der Waals surface area contributed by atoms with Crippen LogP contribution in [-0.2, 0) is 0 Å². The van der Waals surface area contributed by atoms with Gasteiger partial charge in [0.1, 0.15) is 5.75 Å². The van der Waals surface area contributed by atoms with Crippen molar-refractivity contribution in [1.29, 1.82) is 0 Å². The number of nitrogens with one attached hydrogen (secondary N) is 1. The average Bonchev–Trinajstić information content (AvgIpc) is 2.93. The van der Waals surface area contributed by atoms with Crippen molar-refractivity contribution in [1.82, 2.24) is 10.2 Å². The second kappa shape index (κ2) is 8.28. The highest BCUT2D eigenvalue weighted by atomic mass is 16.5. The summed E-state index contributed by atoms with van der Waals surface area (Å²) in [6, 6.07) is 10.7. The van der Waals surface area contributed by atoms with Gasteiger partial charge in [0.25, 0.3) is 0 Å². The molecular formula is C17H28N2O. The number of ether oxygens (including phenoxy) is 1. The van der Waals surface area contributed by atoms with E-state index in [9.17, 15) is 0 Å². The van der Waals surface area contributed by atoms with Crippen molar-refractivity contribution in [3.63, 3.8) is 0 Å².